The van der Waals surface area contributed by atoms with Crippen LogP contribution in [0.4, 0.5) is 0 Å². The molecule has 0 unspecified atom stereocenters. The lowest BCUT2D eigenvalue weighted by Crippen LogP contribution is -1.88. The molecule has 0 fully saturated rings. The maximum atomic E-state index is 8.25. The number of aromatic nitrogens is 1. The molecule has 0 amide bonds. The summed E-state index contributed by atoms with van der Waals surface area (Å²) in [6.45, 7) is 2.14. The average Bonchev–Trinajstić information content (AvgIpc) is 2.85. The van der Waals surface area contributed by atoms with Crippen molar-refractivity contribution in [3.8, 4) is 17.0 Å². The van der Waals surface area contributed by atoms with E-state index in [0.29, 0.717) is 11.5 Å². The monoisotopic (exact) mass is 244 g/mol. The Labute approximate surface area is 104 Å². The molecule has 18 heavy (non-hydrogen) atoms. The SMILES string of the molecule is COc1ccc(C)cc1-c1cc(CN=[N+]=[N-])on1. The van der Waals surface area contributed by atoms with Crippen molar-refractivity contribution in [2.75, 3.05) is 7.11 Å². The Kier molecular flexibility index (Phi) is 3.50. The summed E-state index contributed by atoms with van der Waals surface area (Å²) in [6.07, 6.45) is 0. The van der Waals surface area contributed by atoms with Crippen LogP contribution in [0.1, 0.15) is 11.3 Å². The van der Waals surface area contributed by atoms with Crippen LogP contribution >= 0.6 is 0 Å². The zero-order valence-electron chi connectivity index (χ0n) is 10.1. The van der Waals surface area contributed by atoms with Crippen molar-refractivity contribution in [3.05, 3.63) is 46.0 Å². The van der Waals surface area contributed by atoms with E-state index in [0.717, 1.165) is 16.9 Å². The molecular formula is C12H12N4O2. The summed E-state index contributed by atoms with van der Waals surface area (Å²) >= 11 is 0. The highest BCUT2D eigenvalue weighted by Gasteiger charge is 2.11. The van der Waals surface area contributed by atoms with E-state index < -0.39 is 0 Å². The zero-order valence-corrected chi connectivity index (χ0v) is 10.1. The lowest BCUT2D eigenvalue weighted by atomic mass is 10.1. The van der Waals surface area contributed by atoms with Crippen molar-refractivity contribution in [1.29, 1.82) is 0 Å². The molecule has 0 saturated carbocycles. The summed E-state index contributed by atoms with van der Waals surface area (Å²) in [6, 6.07) is 7.55. The van der Waals surface area contributed by atoms with Crippen LogP contribution in [0.2, 0.25) is 0 Å². The first-order chi connectivity index (χ1) is 8.74. The van der Waals surface area contributed by atoms with Crippen LogP contribution in [-0.4, -0.2) is 12.3 Å². The number of azide groups is 1. The number of methoxy groups -OCH3 is 1. The van der Waals surface area contributed by atoms with Crippen LogP contribution in [0, 0.1) is 6.92 Å². The number of nitrogens with zero attached hydrogens (tertiary/aromatic N) is 4. The first-order valence-corrected chi connectivity index (χ1v) is 5.36. The standard InChI is InChI=1S/C12H12N4O2/c1-8-3-4-12(17-2)10(5-8)11-6-9(18-15-11)7-14-16-13/h3-6H,7H2,1-2H3. The first kappa shape index (κ1) is 12.0. The van der Waals surface area contributed by atoms with Crippen molar-refractivity contribution in [1.82, 2.24) is 5.16 Å². The molecule has 0 atom stereocenters. The highest BCUT2D eigenvalue weighted by Crippen LogP contribution is 2.30. The first-order valence-electron chi connectivity index (χ1n) is 5.36. The van der Waals surface area contributed by atoms with Crippen LogP contribution in [0.15, 0.2) is 33.9 Å². The van der Waals surface area contributed by atoms with Gasteiger partial charge in [-0.3, -0.25) is 0 Å². The van der Waals surface area contributed by atoms with E-state index in [1.807, 2.05) is 25.1 Å². The van der Waals surface area contributed by atoms with E-state index in [9.17, 15) is 0 Å². The van der Waals surface area contributed by atoms with Crippen LogP contribution in [0.25, 0.3) is 21.7 Å². The van der Waals surface area contributed by atoms with Gasteiger partial charge in [-0.05, 0) is 24.6 Å². The van der Waals surface area contributed by atoms with Gasteiger partial charge in [0.1, 0.15) is 17.2 Å². The average molecular weight is 244 g/mol. The topological polar surface area (TPSA) is 84.0 Å². The second-order valence-electron chi connectivity index (χ2n) is 3.77. The molecule has 0 saturated heterocycles. The maximum absolute atomic E-state index is 8.25. The molecular weight excluding hydrogens is 232 g/mol. The van der Waals surface area contributed by atoms with Gasteiger partial charge in [0, 0.05) is 16.5 Å². The molecule has 1 aromatic heterocycles. The van der Waals surface area contributed by atoms with Crippen molar-refractivity contribution in [2.45, 2.75) is 13.5 Å². The molecule has 92 valence electrons. The van der Waals surface area contributed by atoms with Gasteiger partial charge in [-0.25, -0.2) is 0 Å². The summed E-state index contributed by atoms with van der Waals surface area (Å²) in [5, 5.41) is 7.38. The Morgan fingerprint density at radius 1 is 1.44 bits per heavy atom. The molecule has 0 aliphatic heterocycles. The normalized spacial score (nSPS) is 9.89. The predicted octanol–water partition coefficient (Wildman–Crippen LogP) is 3.47. The molecule has 1 heterocycles. The van der Waals surface area contributed by atoms with Gasteiger partial charge in [0.2, 0.25) is 0 Å². The summed E-state index contributed by atoms with van der Waals surface area (Å²) in [4.78, 5) is 2.67. The van der Waals surface area contributed by atoms with E-state index in [1.165, 1.54) is 0 Å². The van der Waals surface area contributed by atoms with E-state index in [1.54, 1.807) is 13.2 Å². The molecule has 2 rings (SSSR count). The van der Waals surface area contributed by atoms with E-state index in [-0.39, 0.29) is 6.54 Å². The number of benzene rings is 1. The minimum atomic E-state index is 0.150. The van der Waals surface area contributed by atoms with Crippen LogP contribution < -0.4 is 4.74 Å². The number of hydrogen-bond donors (Lipinski definition) is 0. The van der Waals surface area contributed by atoms with Gasteiger partial charge in [0.25, 0.3) is 0 Å². The Morgan fingerprint density at radius 2 is 2.28 bits per heavy atom. The smallest absolute Gasteiger partial charge is 0.143 e. The summed E-state index contributed by atoms with van der Waals surface area (Å²) in [5.74, 6) is 1.25. The van der Waals surface area contributed by atoms with E-state index in [4.69, 9.17) is 14.8 Å². The fraction of sp³-hybridized carbons (Fsp3) is 0.250. The second kappa shape index (κ2) is 5.25. The molecule has 6 nitrogen and oxygen atoms in total. The minimum absolute atomic E-state index is 0.150. The van der Waals surface area contributed by atoms with Crippen LogP contribution in [0.3, 0.4) is 0 Å². The third-order valence-electron chi connectivity index (χ3n) is 2.48. The number of rotatable bonds is 4. The number of hydrogen-bond acceptors (Lipinski definition) is 4. The molecule has 6 heteroatoms. The quantitative estimate of drug-likeness (QED) is 0.469. The van der Waals surface area contributed by atoms with E-state index in [2.05, 4.69) is 15.2 Å². The third kappa shape index (κ3) is 2.44. The lowest BCUT2D eigenvalue weighted by molar-refractivity contribution is 0.385. The molecule has 0 spiro atoms. The van der Waals surface area contributed by atoms with Gasteiger partial charge in [-0.1, -0.05) is 21.9 Å². The molecule has 1 aromatic carbocycles. The Balaban J connectivity index is 2.38. The van der Waals surface area contributed by atoms with Gasteiger partial charge in [0.05, 0.1) is 13.7 Å². The van der Waals surface area contributed by atoms with Gasteiger partial charge in [-0.2, -0.15) is 0 Å². The Hall–Kier alpha value is -2.46. The van der Waals surface area contributed by atoms with Gasteiger partial charge < -0.3 is 9.26 Å². The second-order valence-corrected chi connectivity index (χ2v) is 3.77. The molecule has 2 aromatic rings. The Morgan fingerprint density at radius 3 is 3.00 bits per heavy atom. The van der Waals surface area contributed by atoms with Crippen molar-refractivity contribution < 1.29 is 9.26 Å². The number of ether oxygens (including phenoxy) is 1. The van der Waals surface area contributed by atoms with Gasteiger partial charge in [-0.15, -0.1) is 0 Å². The summed E-state index contributed by atoms with van der Waals surface area (Å²) in [5.41, 5.74) is 10.9. The largest absolute Gasteiger partial charge is 0.496 e. The van der Waals surface area contributed by atoms with Crippen LogP contribution in [0.5, 0.6) is 5.75 Å². The predicted molar refractivity (Wildman–Crippen MR) is 66.1 cm³/mol. The van der Waals surface area contributed by atoms with Crippen LogP contribution in [-0.2, 0) is 6.54 Å². The fourth-order valence-electron chi connectivity index (χ4n) is 1.64. The van der Waals surface area contributed by atoms with E-state index >= 15 is 0 Å². The molecule has 0 radical (unpaired) electrons. The summed E-state index contributed by atoms with van der Waals surface area (Å²) in [7, 11) is 1.61. The molecule has 0 aliphatic carbocycles. The summed E-state index contributed by atoms with van der Waals surface area (Å²) < 4.78 is 10.4. The van der Waals surface area contributed by atoms with Gasteiger partial charge >= 0.3 is 0 Å². The third-order valence-corrected chi connectivity index (χ3v) is 2.48. The zero-order chi connectivity index (χ0) is 13.0. The fourth-order valence-corrected chi connectivity index (χ4v) is 1.64. The lowest BCUT2D eigenvalue weighted by Gasteiger charge is -2.06. The van der Waals surface area contributed by atoms with Crippen molar-refractivity contribution >= 4 is 0 Å². The molecule has 0 N–H and O–H groups in total. The highest BCUT2D eigenvalue weighted by atomic mass is 16.5. The van der Waals surface area contributed by atoms with Gasteiger partial charge in [0.15, 0.2) is 0 Å². The highest BCUT2D eigenvalue weighted by molar-refractivity contribution is 5.67. The minimum Gasteiger partial charge on any atom is -0.496 e. The molecule has 0 aliphatic rings. The number of aryl methyl sites for hydroxylation is 1. The van der Waals surface area contributed by atoms with Crippen molar-refractivity contribution in [3.63, 3.8) is 0 Å². The molecule has 0 bridgehead atoms. The van der Waals surface area contributed by atoms with Crippen molar-refractivity contribution in [2.24, 2.45) is 5.11 Å². The Bertz CT molecular complexity index is 600. The maximum Gasteiger partial charge on any atom is 0.143 e.